The molecular weight excluding hydrogens is 365 g/mol. The van der Waals surface area contributed by atoms with E-state index in [0.29, 0.717) is 18.1 Å². The molecule has 1 fully saturated rings. The number of halogens is 1. The highest BCUT2D eigenvalue weighted by Crippen LogP contribution is 2.33. The summed E-state index contributed by atoms with van der Waals surface area (Å²) >= 11 is 0. The quantitative estimate of drug-likeness (QED) is 0.437. The number of hydrogen-bond acceptors (Lipinski definition) is 2. The molecule has 0 radical (unpaired) electrons. The lowest BCUT2D eigenvalue weighted by Gasteiger charge is -2.40. The lowest BCUT2D eigenvalue weighted by Crippen LogP contribution is -2.48. The lowest BCUT2D eigenvalue weighted by atomic mass is 9.78. The van der Waals surface area contributed by atoms with Crippen LogP contribution in [0.2, 0.25) is 0 Å². The van der Waals surface area contributed by atoms with Crippen molar-refractivity contribution in [2.45, 2.75) is 59.6 Å². The summed E-state index contributed by atoms with van der Waals surface area (Å²) in [5.74, 6) is 1.44. The minimum absolute atomic E-state index is 0. The predicted molar refractivity (Wildman–Crippen MR) is 97.0 cm³/mol. The Balaban J connectivity index is 0.00000361. The zero-order valence-corrected chi connectivity index (χ0v) is 16.2. The van der Waals surface area contributed by atoms with Crippen LogP contribution in [0.3, 0.4) is 0 Å². The molecule has 1 aliphatic rings. The molecule has 0 aliphatic carbocycles. The summed E-state index contributed by atoms with van der Waals surface area (Å²) in [5.41, 5.74) is 0.196. The van der Waals surface area contributed by atoms with E-state index in [1.807, 2.05) is 7.05 Å². The number of ether oxygens (including phenoxy) is 1. The van der Waals surface area contributed by atoms with Crippen molar-refractivity contribution in [1.82, 2.24) is 10.6 Å². The molecule has 2 N–H and O–H groups in total. The predicted octanol–water partition coefficient (Wildman–Crippen LogP) is 3.02. The topological polar surface area (TPSA) is 45.7 Å². The van der Waals surface area contributed by atoms with E-state index in [1.54, 1.807) is 0 Å². The van der Waals surface area contributed by atoms with Crippen molar-refractivity contribution in [2.24, 2.45) is 16.3 Å². The fraction of sp³-hybridized carbons (Fsp3) is 0.933. The maximum Gasteiger partial charge on any atom is 0.191 e. The molecule has 2 atom stereocenters. The molecule has 1 rings (SSSR count). The molecule has 4 nitrogen and oxygen atoms in total. The summed E-state index contributed by atoms with van der Waals surface area (Å²) in [6.45, 7) is 12.8. The number of rotatable bonds is 3. The highest BCUT2D eigenvalue weighted by Gasteiger charge is 2.35. The average molecular weight is 397 g/mol. The molecule has 0 spiro atoms. The van der Waals surface area contributed by atoms with Crippen LogP contribution in [-0.2, 0) is 4.74 Å². The van der Waals surface area contributed by atoms with Gasteiger partial charge in [-0.25, -0.2) is 0 Å². The molecule has 0 aromatic heterocycles. The van der Waals surface area contributed by atoms with Crippen LogP contribution in [-0.4, -0.2) is 38.3 Å². The molecule has 5 heteroatoms. The number of nitrogens with one attached hydrogen (secondary N) is 2. The molecule has 2 unspecified atom stereocenters. The molecule has 1 saturated heterocycles. The highest BCUT2D eigenvalue weighted by atomic mass is 127. The van der Waals surface area contributed by atoms with Gasteiger partial charge in [0.05, 0.1) is 6.10 Å². The van der Waals surface area contributed by atoms with Gasteiger partial charge >= 0.3 is 0 Å². The Morgan fingerprint density at radius 1 is 1.35 bits per heavy atom. The van der Waals surface area contributed by atoms with Gasteiger partial charge in [-0.05, 0) is 32.1 Å². The van der Waals surface area contributed by atoms with Crippen molar-refractivity contribution in [3.63, 3.8) is 0 Å². The zero-order valence-electron chi connectivity index (χ0n) is 13.8. The van der Waals surface area contributed by atoms with Gasteiger partial charge < -0.3 is 15.4 Å². The van der Waals surface area contributed by atoms with Crippen LogP contribution in [0.25, 0.3) is 0 Å². The molecule has 1 aliphatic heterocycles. The first-order valence-corrected chi connectivity index (χ1v) is 7.43. The lowest BCUT2D eigenvalue weighted by molar-refractivity contribution is -0.0835. The Bertz CT molecular complexity index is 300. The van der Waals surface area contributed by atoms with Crippen LogP contribution in [0.1, 0.15) is 47.5 Å². The molecule has 20 heavy (non-hydrogen) atoms. The van der Waals surface area contributed by atoms with Gasteiger partial charge in [-0.15, -0.1) is 24.0 Å². The SMILES string of the molecule is CN=C(NCC1CCCOC1C(C)(C)C)NC(C)C.I. The van der Waals surface area contributed by atoms with Crippen molar-refractivity contribution in [3.8, 4) is 0 Å². The number of guanidine groups is 1. The summed E-state index contributed by atoms with van der Waals surface area (Å²) in [6, 6.07) is 0.396. The minimum atomic E-state index is 0. The second-order valence-corrected chi connectivity index (χ2v) is 6.81. The molecule has 0 amide bonds. The second-order valence-electron chi connectivity index (χ2n) is 6.81. The first kappa shape index (κ1) is 20.0. The molecule has 0 saturated carbocycles. The van der Waals surface area contributed by atoms with Gasteiger partial charge in [0.2, 0.25) is 0 Å². The van der Waals surface area contributed by atoms with Crippen LogP contribution < -0.4 is 10.6 Å². The van der Waals surface area contributed by atoms with Gasteiger partial charge in [-0.2, -0.15) is 0 Å². The van der Waals surface area contributed by atoms with E-state index < -0.39 is 0 Å². The molecule has 0 aromatic carbocycles. The van der Waals surface area contributed by atoms with E-state index in [-0.39, 0.29) is 29.4 Å². The Morgan fingerprint density at radius 3 is 2.50 bits per heavy atom. The van der Waals surface area contributed by atoms with Gasteiger partial charge in [-0.3, -0.25) is 4.99 Å². The van der Waals surface area contributed by atoms with Gasteiger partial charge in [0.25, 0.3) is 0 Å². The van der Waals surface area contributed by atoms with E-state index in [0.717, 1.165) is 25.5 Å². The van der Waals surface area contributed by atoms with Gasteiger partial charge in [0.1, 0.15) is 0 Å². The standard InChI is InChI=1S/C15H31N3O.HI/c1-11(2)18-14(16-6)17-10-12-8-7-9-19-13(12)15(3,4)5;/h11-13H,7-10H2,1-6H3,(H2,16,17,18);1H. The minimum Gasteiger partial charge on any atom is -0.377 e. The van der Waals surface area contributed by atoms with Gasteiger partial charge in [-0.1, -0.05) is 20.8 Å². The molecule has 0 bridgehead atoms. The number of nitrogens with zero attached hydrogens (tertiary/aromatic N) is 1. The Labute approximate surface area is 141 Å². The smallest absolute Gasteiger partial charge is 0.191 e. The Kier molecular flexibility index (Phi) is 9.06. The first-order chi connectivity index (χ1) is 8.84. The van der Waals surface area contributed by atoms with Crippen LogP contribution in [0, 0.1) is 11.3 Å². The average Bonchev–Trinajstić information content (AvgIpc) is 2.33. The molecule has 0 aromatic rings. The van der Waals surface area contributed by atoms with E-state index >= 15 is 0 Å². The third kappa shape index (κ3) is 6.61. The van der Waals surface area contributed by atoms with Crippen molar-refractivity contribution in [3.05, 3.63) is 0 Å². The Hall–Kier alpha value is -0.0400. The van der Waals surface area contributed by atoms with Crippen LogP contribution >= 0.6 is 24.0 Å². The van der Waals surface area contributed by atoms with E-state index in [9.17, 15) is 0 Å². The van der Waals surface area contributed by atoms with Crippen molar-refractivity contribution >= 4 is 29.9 Å². The summed E-state index contributed by atoms with van der Waals surface area (Å²) in [6.07, 6.45) is 2.72. The maximum absolute atomic E-state index is 6.00. The summed E-state index contributed by atoms with van der Waals surface area (Å²) in [5, 5.41) is 6.75. The fourth-order valence-electron chi connectivity index (χ4n) is 2.71. The molecular formula is C15H32IN3O. The summed E-state index contributed by atoms with van der Waals surface area (Å²) < 4.78 is 6.00. The summed E-state index contributed by atoms with van der Waals surface area (Å²) in [4.78, 5) is 4.25. The van der Waals surface area contributed by atoms with Crippen LogP contribution in [0.15, 0.2) is 4.99 Å². The van der Waals surface area contributed by atoms with E-state index in [4.69, 9.17) is 4.74 Å². The number of hydrogen-bond donors (Lipinski definition) is 2. The normalized spacial score (nSPS) is 24.2. The first-order valence-electron chi connectivity index (χ1n) is 7.43. The maximum atomic E-state index is 6.00. The largest absolute Gasteiger partial charge is 0.377 e. The number of aliphatic imine (C=N–C) groups is 1. The fourth-order valence-corrected chi connectivity index (χ4v) is 2.71. The van der Waals surface area contributed by atoms with Crippen LogP contribution in [0.4, 0.5) is 0 Å². The third-order valence-corrected chi connectivity index (χ3v) is 3.48. The highest BCUT2D eigenvalue weighted by molar-refractivity contribution is 14.0. The van der Waals surface area contributed by atoms with Gasteiger partial charge in [0.15, 0.2) is 5.96 Å². The van der Waals surface area contributed by atoms with E-state index in [2.05, 4.69) is 50.2 Å². The second kappa shape index (κ2) is 9.07. The van der Waals surface area contributed by atoms with E-state index in [1.165, 1.54) is 6.42 Å². The molecule has 120 valence electrons. The van der Waals surface area contributed by atoms with Crippen molar-refractivity contribution in [2.75, 3.05) is 20.2 Å². The third-order valence-electron chi connectivity index (χ3n) is 3.48. The summed E-state index contributed by atoms with van der Waals surface area (Å²) in [7, 11) is 1.82. The Morgan fingerprint density at radius 2 is 2.00 bits per heavy atom. The molecule has 1 heterocycles. The van der Waals surface area contributed by atoms with Crippen molar-refractivity contribution in [1.29, 1.82) is 0 Å². The van der Waals surface area contributed by atoms with Gasteiger partial charge in [0, 0.05) is 32.2 Å². The van der Waals surface area contributed by atoms with Crippen molar-refractivity contribution < 1.29 is 4.74 Å². The zero-order chi connectivity index (χ0) is 14.5. The monoisotopic (exact) mass is 397 g/mol. The van der Waals surface area contributed by atoms with Crippen LogP contribution in [0.5, 0.6) is 0 Å².